The minimum absolute atomic E-state index is 0.196. The molecule has 4 heteroatoms. The molecule has 2 N–H and O–H groups in total. The molecule has 1 aromatic carbocycles. The minimum atomic E-state index is -0.954. The summed E-state index contributed by atoms with van der Waals surface area (Å²) in [5.74, 6) is -0.192. The Labute approximate surface area is 86.5 Å². The number of rotatable bonds is 2. The van der Waals surface area contributed by atoms with Crippen LogP contribution in [0.1, 0.15) is 16.1 Å². The molecule has 1 heterocycles. The van der Waals surface area contributed by atoms with Gasteiger partial charge in [-0.05, 0) is 25.1 Å². The van der Waals surface area contributed by atoms with E-state index in [2.05, 4.69) is 4.98 Å². The average Bonchev–Trinajstić information content (AvgIpc) is 2.63. The van der Waals surface area contributed by atoms with Crippen LogP contribution in [0.5, 0.6) is 5.75 Å². The maximum Gasteiger partial charge on any atom is 0.352 e. The lowest BCUT2D eigenvalue weighted by molar-refractivity contribution is 0.0691. The number of carboxylic acid groups (broad SMARTS) is 1. The first-order chi connectivity index (χ1) is 7.13. The molecular weight excluding hydrogens is 194 g/mol. The van der Waals surface area contributed by atoms with Crippen molar-refractivity contribution in [2.75, 3.05) is 7.11 Å². The number of hydrogen-bond donors (Lipinski definition) is 2. The van der Waals surface area contributed by atoms with Crippen LogP contribution in [0.4, 0.5) is 0 Å². The Kier molecular flexibility index (Phi) is 2.11. The molecule has 0 aliphatic carbocycles. The van der Waals surface area contributed by atoms with E-state index in [1.807, 2.05) is 19.1 Å². The van der Waals surface area contributed by atoms with E-state index in [0.717, 1.165) is 22.2 Å². The van der Waals surface area contributed by atoms with E-state index in [9.17, 15) is 4.79 Å². The zero-order valence-electron chi connectivity index (χ0n) is 8.50. The third-order valence-corrected chi connectivity index (χ3v) is 2.47. The highest BCUT2D eigenvalue weighted by molar-refractivity contribution is 5.95. The van der Waals surface area contributed by atoms with Crippen molar-refractivity contribution in [2.45, 2.75) is 6.92 Å². The molecule has 0 amide bonds. The molecule has 78 valence electrons. The number of aromatic amines is 1. The van der Waals surface area contributed by atoms with Gasteiger partial charge in [0.05, 0.1) is 7.11 Å². The van der Waals surface area contributed by atoms with E-state index in [1.54, 1.807) is 13.2 Å². The van der Waals surface area contributed by atoms with Gasteiger partial charge in [0.2, 0.25) is 0 Å². The van der Waals surface area contributed by atoms with Crippen molar-refractivity contribution in [3.8, 4) is 5.75 Å². The van der Waals surface area contributed by atoms with Crippen molar-refractivity contribution >= 4 is 16.9 Å². The van der Waals surface area contributed by atoms with Crippen LogP contribution < -0.4 is 4.74 Å². The molecule has 15 heavy (non-hydrogen) atoms. The van der Waals surface area contributed by atoms with E-state index >= 15 is 0 Å². The smallest absolute Gasteiger partial charge is 0.352 e. The Balaban J connectivity index is 2.71. The molecule has 0 saturated heterocycles. The van der Waals surface area contributed by atoms with Crippen molar-refractivity contribution in [3.63, 3.8) is 0 Å². The number of hydrogen-bond acceptors (Lipinski definition) is 2. The van der Waals surface area contributed by atoms with Crippen molar-refractivity contribution in [1.82, 2.24) is 4.98 Å². The fraction of sp³-hybridized carbons (Fsp3) is 0.182. The molecule has 2 aromatic rings. The Morgan fingerprint density at radius 1 is 1.47 bits per heavy atom. The Morgan fingerprint density at radius 2 is 2.20 bits per heavy atom. The van der Waals surface area contributed by atoms with Crippen LogP contribution >= 0.6 is 0 Å². The third kappa shape index (κ3) is 1.44. The highest BCUT2D eigenvalue weighted by Gasteiger charge is 2.10. The van der Waals surface area contributed by atoms with Gasteiger partial charge in [0.25, 0.3) is 0 Å². The highest BCUT2D eigenvalue weighted by atomic mass is 16.5. The predicted octanol–water partition coefficient (Wildman–Crippen LogP) is 2.18. The van der Waals surface area contributed by atoms with Crippen LogP contribution in [-0.2, 0) is 0 Å². The van der Waals surface area contributed by atoms with Gasteiger partial charge in [-0.2, -0.15) is 0 Å². The number of fused-ring (bicyclic) bond motifs is 1. The molecule has 0 aliphatic heterocycles. The van der Waals surface area contributed by atoms with Gasteiger partial charge >= 0.3 is 5.97 Å². The lowest BCUT2D eigenvalue weighted by Gasteiger charge is -2.04. The van der Waals surface area contributed by atoms with Crippen LogP contribution in [0.15, 0.2) is 18.2 Å². The molecule has 0 bridgehead atoms. The molecule has 1 aromatic heterocycles. The predicted molar refractivity (Wildman–Crippen MR) is 56.5 cm³/mol. The number of aromatic carboxylic acids is 1. The van der Waals surface area contributed by atoms with Gasteiger partial charge in [-0.25, -0.2) is 4.79 Å². The van der Waals surface area contributed by atoms with Crippen LogP contribution in [-0.4, -0.2) is 23.2 Å². The summed E-state index contributed by atoms with van der Waals surface area (Å²) in [6.45, 7) is 1.90. The van der Waals surface area contributed by atoms with Crippen LogP contribution in [0.3, 0.4) is 0 Å². The summed E-state index contributed by atoms with van der Waals surface area (Å²) in [5, 5.41) is 9.72. The second-order valence-corrected chi connectivity index (χ2v) is 3.34. The zero-order valence-corrected chi connectivity index (χ0v) is 8.50. The second-order valence-electron chi connectivity index (χ2n) is 3.34. The molecule has 0 unspecified atom stereocenters. The summed E-state index contributed by atoms with van der Waals surface area (Å²) in [4.78, 5) is 13.6. The summed E-state index contributed by atoms with van der Waals surface area (Å²) in [5.41, 5.74) is 1.95. The molecular formula is C11H11NO3. The van der Waals surface area contributed by atoms with Gasteiger partial charge in [-0.15, -0.1) is 0 Å². The molecule has 4 nitrogen and oxygen atoms in total. The highest BCUT2D eigenvalue weighted by Crippen LogP contribution is 2.27. The van der Waals surface area contributed by atoms with Gasteiger partial charge in [0.1, 0.15) is 11.4 Å². The molecule has 0 saturated carbocycles. The van der Waals surface area contributed by atoms with Crippen molar-refractivity contribution < 1.29 is 14.6 Å². The topological polar surface area (TPSA) is 62.3 Å². The molecule has 0 aliphatic rings. The van der Waals surface area contributed by atoms with Crippen molar-refractivity contribution in [1.29, 1.82) is 0 Å². The second kappa shape index (κ2) is 3.31. The van der Waals surface area contributed by atoms with E-state index in [1.165, 1.54) is 0 Å². The van der Waals surface area contributed by atoms with E-state index < -0.39 is 5.97 Å². The standard InChI is InChI=1S/C11H11NO3/c1-6-7-5-9(11(13)14)12-8(7)3-4-10(6)15-2/h3-5,12H,1-2H3,(H,13,14). The maximum atomic E-state index is 10.8. The Morgan fingerprint density at radius 3 is 2.80 bits per heavy atom. The first-order valence-electron chi connectivity index (χ1n) is 4.53. The number of nitrogens with one attached hydrogen (secondary N) is 1. The van der Waals surface area contributed by atoms with E-state index in [-0.39, 0.29) is 5.69 Å². The third-order valence-electron chi connectivity index (χ3n) is 2.47. The number of carboxylic acids is 1. The normalized spacial score (nSPS) is 10.5. The molecule has 0 radical (unpaired) electrons. The largest absolute Gasteiger partial charge is 0.496 e. The first-order valence-corrected chi connectivity index (χ1v) is 4.53. The van der Waals surface area contributed by atoms with Crippen LogP contribution in [0.2, 0.25) is 0 Å². The van der Waals surface area contributed by atoms with Gasteiger partial charge in [-0.1, -0.05) is 0 Å². The van der Waals surface area contributed by atoms with E-state index in [4.69, 9.17) is 9.84 Å². The summed E-state index contributed by atoms with van der Waals surface area (Å²) in [7, 11) is 1.60. The van der Waals surface area contributed by atoms with Gasteiger partial charge in [0.15, 0.2) is 0 Å². The van der Waals surface area contributed by atoms with Crippen molar-refractivity contribution in [2.24, 2.45) is 0 Å². The minimum Gasteiger partial charge on any atom is -0.496 e. The lowest BCUT2D eigenvalue weighted by Crippen LogP contribution is -1.94. The fourth-order valence-corrected chi connectivity index (χ4v) is 1.67. The maximum absolute atomic E-state index is 10.8. The van der Waals surface area contributed by atoms with Crippen LogP contribution in [0.25, 0.3) is 10.9 Å². The summed E-state index contributed by atoms with van der Waals surface area (Å²) in [6.07, 6.45) is 0. The zero-order chi connectivity index (χ0) is 11.0. The number of methoxy groups -OCH3 is 1. The number of benzene rings is 1. The van der Waals surface area contributed by atoms with Crippen LogP contribution in [0, 0.1) is 6.92 Å². The quantitative estimate of drug-likeness (QED) is 0.789. The van der Waals surface area contributed by atoms with Gasteiger partial charge in [0, 0.05) is 16.5 Å². The Hall–Kier alpha value is -1.97. The van der Waals surface area contributed by atoms with Crippen molar-refractivity contribution in [3.05, 3.63) is 29.5 Å². The molecule has 2 rings (SSSR count). The number of carbonyl (C=O) groups is 1. The van der Waals surface area contributed by atoms with Gasteiger partial charge < -0.3 is 14.8 Å². The number of H-pyrrole nitrogens is 1. The number of aromatic nitrogens is 1. The average molecular weight is 205 g/mol. The summed E-state index contributed by atoms with van der Waals surface area (Å²) < 4.78 is 5.16. The molecule has 0 fully saturated rings. The lowest BCUT2D eigenvalue weighted by atomic mass is 10.1. The molecule has 0 atom stereocenters. The SMILES string of the molecule is COc1ccc2[nH]c(C(=O)O)cc2c1C. The fourth-order valence-electron chi connectivity index (χ4n) is 1.67. The van der Waals surface area contributed by atoms with E-state index in [0.29, 0.717) is 0 Å². The van der Waals surface area contributed by atoms with Gasteiger partial charge in [-0.3, -0.25) is 0 Å². The number of ether oxygens (including phenoxy) is 1. The number of aryl methyl sites for hydroxylation is 1. The summed E-state index contributed by atoms with van der Waals surface area (Å²) >= 11 is 0. The first kappa shape index (κ1) is 9.58. The molecule has 0 spiro atoms. The monoisotopic (exact) mass is 205 g/mol. The summed E-state index contributed by atoms with van der Waals surface area (Å²) in [6, 6.07) is 5.25. The Bertz CT molecular complexity index is 528.